The molecule has 6 heteroatoms. The lowest BCUT2D eigenvalue weighted by Crippen LogP contribution is -2.33. The van der Waals surface area contributed by atoms with Crippen LogP contribution >= 0.6 is 0 Å². The minimum absolute atomic E-state index is 0.00275. The van der Waals surface area contributed by atoms with Crippen LogP contribution in [0.5, 0.6) is 0 Å². The van der Waals surface area contributed by atoms with Gasteiger partial charge in [0.05, 0.1) is 10.5 Å². The number of esters is 1. The quantitative estimate of drug-likeness (QED) is 0.767. The second-order valence-corrected chi connectivity index (χ2v) is 9.61. The van der Waals surface area contributed by atoms with Gasteiger partial charge in [0, 0.05) is 14.1 Å². The maximum Gasteiger partial charge on any atom is 0.338 e. The molecule has 2 aliphatic rings. The van der Waals surface area contributed by atoms with Crippen molar-refractivity contribution >= 4 is 16.0 Å². The van der Waals surface area contributed by atoms with Crippen molar-refractivity contribution in [2.24, 2.45) is 11.8 Å². The molecular formula is C19H27NO4S. The summed E-state index contributed by atoms with van der Waals surface area (Å²) in [4.78, 5) is 12.6. The van der Waals surface area contributed by atoms with E-state index in [1.165, 1.54) is 64.0 Å². The molecule has 0 aromatic heterocycles. The van der Waals surface area contributed by atoms with Gasteiger partial charge in [0.25, 0.3) is 0 Å². The normalized spacial score (nSPS) is 26.9. The maximum atomic E-state index is 12.4. The molecule has 0 radical (unpaired) electrons. The van der Waals surface area contributed by atoms with Crippen LogP contribution in [0.2, 0.25) is 0 Å². The third-order valence-corrected chi connectivity index (χ3v) is 7.46. The number of hydrogen-bond donors (Lipinski definition) is 0. The zero-order chi connectivity index (χ0) is 18.0. The van der Waals surface area contributed by atoms with Crippen LogP contribution in [0.25, 0.3) is 0 Å². The highest BCUT2D eigenvalue weighted by molar-refractivity contribution is 7.89. The molecule has 1 aromatic rings. The fourth-order valence-electron chi connectivity index (χ4n) is 4.13. The minimum Gasteiger partial charge on any atom is -0.459 e. The second kappa shape index (κ2) is 7.46. The summed E-state index contributed by atoms with van der Waals surface area (Å²) in [7, 11) is -0.508. The van der Waals surface area contributed by atoms with Crippen molar-refractivity contribution in [2.75, 3.05) is 14.1 Å². The molecule has 0 bridgehead atoms. The predicted octanol–water partition coefficient (Wildman–Crippen LogP) is 3.45. The van der Waals surface area contributed by atoms with Crippen molar-refractivity contribution in [3.05, 3.63) is 29.8 Å². The van der Waals surface area contributed by atoms with E-state index in [1.807, 2.05) is 0 Å². The molecule has 0 saturated heterocycles. The fourth-order valence-corrected chi connectivity index (χ4v) is 5.03. The van der Waals surface area contributed by atoms with Gasteiger partial charge in [-0.25, -0.2) is 17.5 Å². The predicted molar refractivity (Wildman–Crippen MR) is 95.8 cm³/mol. The lowest BCUT2D eigenvalue weighted by atomic mass is 9.70. The second-order valence-electron chi connectivity index (χ2n) is 7.46. The topological polar surface area (TPSA) is 63.7 Å². The number of benzene rings is 1. The first-order valence-corrected chi connectivity index (χ1v) is 10.6. The zero-order valence-electron chi connectivity index (χ0n) is 15.0. The van der Waals surface area contributed by atoms with Crippen LogP contribution in [0.15, 0.2) is 29.2 Å². The number of carbonyl (C=O) groups excluding carboxylic acids is 1. The zero-order valence-corrected chi connectivity index (χ0v) is 15.8. The van der Waals surface area contributed by atoms with E-state index < -0.39 is 10.0 Å². The summed E-state index contributed by atoms with van der Waals surface area (Å²) in [5.74, 6) is 1.17. The van der Waals surface area contributed by atoms with Gasteiger partial charge >= 0.3 is 5.97 Å². The Balaban J connectivity index is 1.62. The smallest absolute Gasteiger partial charge is 0.338 e. The Labute approximate surface area is 150 Å². The van der Waals surface area contributed by atoms with Crippen LogP contribution in [0.1, 0.15) is 55.3 Å². The molecule has 0 spiro atoms. The van der Waals surface area contributed by atoms with Gasteiger partial charge in [-0.05, 0) is 55.4 Å². The van der Waals surface area contributed by atoms with Crippen LogP contribution in [0.4, 0.5) is 0 Å². The molecule has 0 aliphatic heterocycles. The summed E-state index contributed by atoms with van der Waals surface area (Å²) >= 11 is 0. The molecule has 2 saturated carbocycles. The lowest BCUT2D eigenvalue weighted by Gasteiger charge is -2.38. The van der Waals surface area contributed by atoms with Crippen LogP contribution in [-0.4, -0.2) is 38.9 Å². The molecule has 0 heterocycles. The van der Waals surface area contributed by atoms with E-state index in [9.17, 15) is 13.2 Å². The minimum atomic E-state index is -3.48. The summed E-state index contributed by atoms with van der Waals surface area (Å²) < 4.78 is 31.0. The Bertz CT molecular complexity index is 711. The van der Waals surface area contributed by atoms with E-state index >= 15 is 0 Å². The Kier molecular flexibility index (Phi) is 5.49. The van der Waals surface area contributed by atoms with Crippen molar-refractivity contribution in [1.29, 1.82) is 0 Å². The van der Waals surface area contributed by atoms with E-state index in [0.29, 0.717) is 11.5 Å². The number of carbonyl (C=O) groups is 1. The molecule has 1 aromatic carbocycles. The van der Waals surface area contributed by atoms with Gasteiger partial charge in [-0.15, -0.1) is 0 Å². The summed E-state index contributed by atoms with van der Waals surface area (Å²) in [6, 6.07) is 5.99. The van der Waals surface area contributed by atoms with E-state index in [4.69, 9.17) is 4.74 Å². The van der Waals surface area contributed by atoms with Gasteiger partial charge in [-0.2, -0.15) is 0 Å². The number of nitrogens with zero attached hydrogens (tertiary/aromatic N) is 1. The monoisotopic (exact) mass is 365 g/mol. The molecule has 3 rings (SSSR count). The standard InChI is InChI=1S/C19H27NO4S/c1-20(2)25(22,23)18-11-8-15(9-12-18)19(21)24-17-10-7-14-5-3-4-6-16(14)13-17/h8-9,11-12,14,16-17H,3-7,10,13H2,1-2H3/t14-,16+,17-/m0/s1. The third kappa shape index (κ3) is 4.06. The van der Waals surface area contributed by atoms with Crippen LogP contribution < -0.4 is 0 Å². The van der Waals surface area contributed by atoms with E-state index in [0.717, 1.165) is 29.5 Å². The molecule has 2 fully saturated rings. The summed E-state index contributed by atoms with van der Waals surface area (Å²) in [5, 5.41) is 0. The van der Waals surface area contributed by atoms with Gasteiger partial charge < -0.3 is 4.74 Å². The highest BCUT2D eigenvalue weighted by Crippen LogP contribution is 2.41. The summed E-state index contributed by atoms with van der Waals surface area (Å²) in [6.45, 7) is 0. The van der Waals surface area contributed by atoms with Crippen molar-refractivity contribution in [1.82, 2.24) is 4.31 Å². The molecular weight excluding hydrogens is 338 g/mol. The molecule has 0 unspecified atom stereocenters. The van der Waals surface area contributed by atoms with Crippen LogP contribution in [-0.2, 0) is 14.8 Å². The van der Waals surface area contributed by atoms with Gasteiger partial charge in [0.2, 0.25) is 10.0 Å². The fraction of sp³-hybridized carbons (Fsp3) is 0.632. The van der Waals surface area contributed by atoms with Crippen molar-refractivity contribution in [2.45, 2.75) is 55.9 Å². The van der Waals surface area contributed by atoms with Gasteiger partial charge in [0.15, 0.2) is 0 Å². The van der Waals surface area contributed by atoms with E-state index in [2.05, 4.69) is 0 Å². The maximum absolute atomic E-state index is 12.4. The summed E-state index contributed by atoms with van der Waals surface area (Å²) in [5.41, 5.74) is 0.406. The van der Waals surface area contributed by atoms with Gasteiger partial charge in [0.1, 0.15) is 6.10 Å². The number of fused-ring (bicyclic) bond motifs is 1. The van der Waals surface area contributed by atoms with Crippen molar-refractivity contribution in [3.63, 3.8) is 0 Å². The number of sulfonamides is 1. The molecule has 25 heavy (non-hydrogen) atoms. The number of rotatable bonds is 4. The molecule has 138 valence electrons. The Morgan fingerprint density at radius 1 is 1.00 bits per heavy atom. The first-order chi connectivity index (χ1) is 11.9. The SMILES string of the molecule is CN(C)S(=O)(=O)c1ccc(C(=O)O[C@H]2CC[C@@H]3CCCC[C@@H]3C2)cc1. The third-order valence-electron chi connectivity index (χ3n) is 5.63. The van der Waals surface area contributed by atoms with Gasteiger partial charge in [-0.3, -0.25) is 0 Å². The number of hydrogen-bond acceptors (Lipinski definition) is 4. The Morgan fingerprint density at radius 3 is 2.28 bits per heavy atom. The van der Waals surface area contributed by atoms with E-state index in [1.54, 1.807) is 0 Å². The van der Waals surface area contributed by atoms with Crippen LogP contribution in [0, 0.1) is 11.8 Å². The molecule has 0 N–H and O–H groups in total. The first kappa shape index (κ1) is 18.4. The Hall–Kier alpha value is -1.40. The van der Waals surface area contributed by atoms with E-state index in [-0.39, 0.29) is 17.0 Å². The molecule has 5 nitrogen and oxygen atoms in total. The average molecular weight is 365 g/mol. The molecule has 2 aliphatic carbocycles. The lowest BCUT2D eigenvalue weighted by molar-refractivity contribution is -0.000933. The first-order valence-electron chi connectivity index (χ1n) is 9.11. The Morgan fingerprint density at radius 2 is 1.64 bits per heavy atom. The summed E-state index contributed by atoms with van der Waals surface area (Å²) in [6.07, 6.45) is 8.30. The molecule has 0 amide bonds. The average Bonchev–Trinajstić information content (AvgIpc) is 2.61. The highest BCUT2D eigenvalue weighted by Gasteiger charge is 2.33. The van der Waals surface area contributed by atoms with Crippen molar-refractivity contribution < 1.29 is 17.9 Å². The van der Waals surface area contributed by atoms with Crippen LogP contribution in [0.3, 0.4) is 0 Å². The molecule has 3 atom stereocenters. The highest BCUT2D eigenvalue weighted by atomic mass is 32.2. The number of ether oxygens (including phenoxy) is 1. The van der Waals surface area contributed by atoms with Crippen molar-refractivity contribution in [3.8, 4) is 0 Å². The largest absolute Gasteiger partial charge is 0.459 e. The van der Waals surface area contributed by atoms with Gasteiger partial charge in [-0.1, -0.05) is 25.7 Å².